The Morgan fingerprint density at radius 3 is 1.29 bits per heavy atom. The van der Waals surface area contributed by atoms with E-state index >= 15 is 0 Å². The van der Waals surface area contributed by atoms with Gasteiger partial charge in [-0.2, -0.15) is 0 Å². The van der Waals surface area contributed by atoms with Gasteiger partial charge in [0.1, 0.15) is 0 Å². The summed E-state index contributed by atoms with van der Waals surface area (Å²) in [5.74, 6) is -0.888. The van der Waals surface area contributed by atoms with Crippen LogP contribution in [0.15, 0.2) is 37.4 Å². The van der Waals surface area contributed by atoms with Gasteiger partial charge in [-0.3, -0.25) is 9.59 Å². The van der Waals surface area contributed by atoms with E-state index < -0.39 is 11.9 Å². The van der Waals surface area contributed by atoms with Gasteiger partial charge in [-0.25, -0.2) is 9.59 Å². The number of carbonyl (C=O) groups is 4. The number of ether oxygens (including phenoxy) is 2. The van der Waals surface area contributed by atoms with Gasteiger partial charge in [-0.1, -0.05) is 90.2 Å². The molecule has 0 saturated heterocycles. The first-order chi connectivity index (χ1) is 16.6. The summed E-state index contributed by atoms with van der Waals surface area (Å²) >= 11 is 0. The van der Waals surface area contributed by atoms with E-state index in [0.717, 1.165) is 25.7 Å². The van der Waals surface area contributed by atoms with E-state index in [9.17, 15) is 9.59 Å². The van der Waals surface area contributed by atoms with Gasteiger partial charge >= 0.3 is 11.9 Å². The molecular formula is C28H44O6. The molecule has 6 heteroatoms. The molecule has 0 atom stereocenters. The molecule has 0 unspecified atom stereocenters. The van der Waals surface area contributed by atoms with Crippen LogP contribution in [0.3, 0.4) is 0 Å². The number of unbranched alkanes of at least 4 members (excludes halogenated alkanes) is 10. The van der Waals surface area contributed by atoms with Crippen LogP contribution in [0.5, 0.6) is 0 Å². The average molecular weight is 477 g/mol. The molecule has 0 aliphatic heterocycles. The van der Waals surface area contributed by atoms with Gasteiger partial charge in [0.25, 0.3) is 0 Å². The summed E-state index contributed by atoms with van der Waals surface area (Å²) in [7, 11) is 0. The first-order valence-corrected chi connectivity index (χ1v) is 12.4. The molecule has 0 aliphatic carbocycles. The number of hydrogen-bond acceptors (Lipinski definition) is 6. The highest BCUT2D eigenvalue weighted by Crippen LogP contribution is 2.14. The monoisotopic (exact) mass is 476 g/mol. The van der Waals surface area contributed by atoms with E-state index in [-0.39, 0.29) is 12.6 Å². The second kappa shape index (κ2) is 26.5. The number of benzene rings is 1. The lowest BCUT2D eigenvalue weighted by Gasteiger charge is -2.10. The Kier molecular flexibility index (Phi) is 26.0. The van der Waals surface area contributed by atoms with Gasteiger partial charge in [0, 0.05) is 0 Å². The molecule has 0 aliphatic rings. The van der Waals surface area contributed by atoms with Crippen LogP contribution in [0.25, 0.3) is 0 Å². The Balaban J connectivity index is 0. The summed E-state index contributed by atoms with van der Waals surface area (Å²) in [6, 6.07) is 6.74. The highest BCUT2D eigenvalue weighted by molar-refractivity contribution is 6.09. The molecule has 6 nitrogen and oxygen atoms in total. The Hall–Kier alpha value is -2.76. The normalized spacial score (nSPS) is 9.47. The van der Waals surface area contributed by atoms with Crippen molar-refractivity contribution in [2.24, 2.45) is 0 Å². The van der Waals surface area contributed by atoms with E-state index in [1.807, 2.05) is 0 Å². The predicted molar refractivity (Wildman–Crippen MR) is 137 cm³/mol. The van der Waals surface area contributed by atoms with Crippen LogP contribution in [0, 0.1) is 0 Å². The molecule has 34 heavy (non-hydrogen) atoms. The third kappa shape index (κ3) is 18.8. The fraction of sp³-hybridized carbons (Fsp3) is 0.571. The summed E-state index contributed by atoms with van der Waals surface area (Å²) in [4.78, 5) is 42.3. The molecular weight excluding hydrogens is 432 g/mol. The topological polar surface area (TPSA) is 86.7 Å². The van der Waals surface area contributed by atoms with Gasteiger partial charge in [-0.05, 0) is 25.0 Å². The minimum Gasteiger partial charge on any atom is -0.462 e. The van der Waals surface area contributed by atoms with Crippen molar-refractivity contribution in [1.29, 1.82) is 0 Å². The average Bonchev–Trinajstić information content (AvgIpc) is 2.88. The third-order valence-corrected chi connectivity index (χ3v) is 4.88. The molecule has 1 aromatic carbocycles. The second-order valence-electron chi connectivity index (χ2n) is 7.63. The van der Waals surface area contributed by atoms with Crippen molar-refractivity contribution in [3.63, 3.8) is 0 Å². The number of hydrogen-bond donors (Lipinski definition) is 0. The van der Waals surface area contributed by atoms with E-state index in [0.29, 0.717) is 24.3 Å². The highest BCUT2D eigenvalue weighted by atomic mass is 16.5. The molecule has 0 fully saturated rings. The summed E-state index contributed by atoms with van der Waals surface area (Å²) in [5, 5.41) is 0. The van der Waals surface area contributed by atoms with Crippen molar-refractivity contribution >= 4 is 24.5 Å². The number of esters is 2. The van der Waals surface area contributed by atoms with E-state index in [2.05, 4.69) is 27.0 Å². The van der Waals surface area contributed by atoms with Crippen molar-refractivity contribution in [3.05, 3.63) is 48.6 Å². The van der Waals surface area contributed by atoms with Gasteiger partial charge in [0.05, 0.1) is 24.3 Å². The lowest BCUT2D eigenvalue weighted by molar-refractivity contribution is -0.122. The summed E-state index contributed by atoms with van der Waals surface area (Å²) < 4.78 is 10.7. The smallest absolute Gasteiger partial charge is 0.339 e. The number of aldehydes is 2. The summed E-state index contributed by atoms with van der Waals surface area (Å²) in [5.41, 5.74) is 0.586. The largest absolute Gasteiger partial charge is 0.462 e. The molecule has 1 aromatic rings. The Morgan fingerprint density at radius 1 is 0.647 bits per heavy atom. The van der Waals surface area contributed by atoms with Crippen LogP contribution >= 0.6 is 0 Å². The first kappa shape index (κ1) is 33.4. The van der Waals surface area contributed by atoms with Crippen LogP contribution in [0.4, 0.5) is 0 Å². The van der Waals surface area contributed by atoms with E-state index in [1.165, 1.54) is 51.4 Å². The van der Waals surface area contributed by atoms with Crippen molar-refractivity contribution in [2.45, 2.75) is 90.9 Å². The zero-order valence-corrected chi connectivity index (χ0v) is 21.2. The van der Waals surface area contributed by atoms with Crippen molar-refractivity contribution in [1.82, 2.24) is 0 Å². The standard InChI is InChI=1S/C24H38O4.C2H2O2.C2H4/c1-3-5-7-9-11-15-19-27-23(25)21-17-13-14-18-22(21)24(26)28-20-16-12-10-8-6-4-2;3-1-2-4;1-2/h13-14,17-18H,3-12,15-16,19-20H2,1-2H3;1-2H;1-2H2. The Morgan fingerprint density at radius 2 is 0.971 bits per heavy atom. The van der Waals surface area contributed by atoms with Crippen LogP contribution in [-0.2, 0) is 19.1 Å². The second-order valence-corrected chi connectivity index (χ2v) is 7.63. The van der Waals surface area contributed by atoms with E-state index in [4.69, 9.17) is 19.1 Å². The molecule has 0 heterocycles. The lowest BCUT2D eigenvalue weighted by Crippen LogP contribution is -2.15. The first-order valence-electron chi connectivity index (χ1n) is 12.4. The van der Waals surface area contributed by atoms with Gasteiger partial charge in [0.2, 0.25) is 0 Å². The lowest BCUT2D eigenvalue weighted by atomic mass is 10.1. The van der Waals surface area contributed by atoms with Crippen LogP contribution in [0.2, 0.25) is 0 Å². The van der Waals surface area contributed by atoms with Gasteiger partial charge in [-0.15, -0.1) is 13.2 Å². The zero-order chi connectivity index (χ0) is 25.9. The van der Waals surface area contributed by atoms with Gasteiger partial charge in [0.15, 0.2) is 12.6 Å². The maximum atomic E-state index is 12.4. The van der Waals surface area contributed by atoms with Crippen LogP contribution < -0.4 is 0 Å². The molecule has 0 saturated carbocycles. The maximum Gasteiger partial charge on any atom is 0.339 e. The number of rotatable bonds is 17. The van der Waals surface area contributed by atoms with Crippen molar-refractivity contribution in [3.8, 4) is 0 Å². The van der Waals surface area contributed by atoms with Crippen molar-refractivity contribution in [2.75, 3.05) is 13.2 Å². The van der Waals surface area contributed by atoms with Crippen LogP contribution in [-0.4, -0.2) is 37.7 Å². The molecule has 1 rings (SSSR count). The molecule has 0 radical (unpaired) electrons. The number of carbonyl (C=O) groups excluding carboxylic acids is 4. The Labute approximate surface area is 206 Å². The minimum atomic E-state index is -0.444. The van der Waals surface area contributed by atoms with E-state index in [1.54, 1.807) is 24.3 Å². The van der Waals surface area contributed by atoms with Gasteiger partial charge < -0.3 is 9.47 Å². The molecule has 192 valence electrons. The molecule has 0 aromatic heterocycles. The SMILES string of the molecule is C=C.CCCCCCCCOC(=O)c1ccccc1C(=O)OCCCCCCCC.O=CC=O. The summed E-state index contributed by atoms with van der Waals surface area (Å²) in [6.07, 6.45) is 14.0. The molecule has 0 amide bonds. The molecule has 0 spiro atoms. The van der Waals surface area contributed by atoms with Crippen LogP contribution in [0.1, 0.15) is 112 Å². The summed E-state index contributed by atoms with van der Waals surface area (Å²) in [6.45, 7) is 11.2. The Bertz CT molecular complexity index is 601. The highest BCUT2D eigenvalue weighted by Gasteiger charge is 2.18. The quantitative estimate of drug-likeness (QED) is 0.0798. The van der Waals surface area contributed by atoms with Crippen molar-refractivity contribution < 1.29 is 28.7 Å². The maximum absolute atomic E-state index is 12.4. The predicted octanol–water partition coefficient (Wildman–Crippen LogP) is 6.91. The molecule has 0 N–H and O–H groups in total. The minimum absolute atomic E-state index is 0.194. The fourth-order valence-electron chi connectivity index (χ4n) is 3.09. The fourth-order valence-corrected chi connectivity index (χ4v) is 3.09. The molecule has 0 bridgehead atoms. The third-order valence-electron chi connectivity index (χ3n) is 4.88. The zero-order valence-electron chi connectivity index (χ0n) is 21.2.